The van der Waals surface area contributed by atoms with Gasteiger partial charge in [-0.25, -0.2) is 0 Å². The fraction of sp³-hybridized carbons (Fsp3) is 0.520. The van der Waals surface area contributed by atoms with E-state index < -0.39 is 0 Å². The van der Waals surface area contributed by atoms with Crippen molar-refractivity contribution in [1.82, 2.24) is 10.2 Å². The lowest BCUT2D eigenvalue weighted by Gasteiger charge is -2.22. The Labute approximate surface area is 206 Å². The maximum atomic E-state index is 6.28. The van der Waals surface area contributed by atoms with Crippen molar-refractivity contribution in [3.8, 4) is 5.75 Å². The number of hydrogen-bond donors (Lipinski definition) is 1. The molecular weight excluding hydrogens is 495 g/mol. The number of hydrogen-bond acceptors (Lipinski definition) is 3. The van der Waals surface area contributed by atoms with Gasteiger partial charge in [-0.15, -0.1) is 0 Å². The minimum absolute atomic E-state index is 0.344. The van der Waals surface area contributed by atoms with E-state index >= 15 is 0 Å². The lowest BCUT2D eigenvalue weighted by atomic mass is 10.2. The molecule has 0 aliphatic carbocycles. The summed E-state index contributed by atoms with van der Waals surface area (Å²) in [5.41, 5.74) is 1.93. The number of ether oxygens (including phenoxy) is 1. The van der Waals surface area contributed by atoms with Gasteiger partial charge in [-0.2, -0.15) is 0 Å². The Hall–Kier alpha value is -0.780. The van der Waals surface area contributed by atoms with Gasteiger partial charge in [0.25, 0.3) is 0 Å². The highest BCUT2D eigenvalue weighted by atomic mass is 79.9. The van der Waals surface area contributed by atoms with Crippen molar-refractivity contribution in [2.45, 2.75) is 59.1 Å². The molecule has 0 spiro atoms. The van der Waals surface area contributed by atoms with Crippen LogP contribution in [0.5, 0.6) is 5.75 Å². The molecular formula is C25H35BrCl2N2O. The number of rotatable bonds is 15. The quantitative estimate of drug-likeness (QED) is 0.239. The van der Waals surface area contributed by atoms with Gasteiger partial charge in [0, 0.05) is 32.2 Å². The highest BCUT2D eigenvalue weighted by molar-refractivity contribution is 9.10. The minimum Gasteiger partial charge on any atom is -0.488 e. The maximum Gasteiger partial charge on any atom is 0.124 e. The zero-order valence-corrected chi connectivity index (χ0v) is 21.8. The van der Waals surface area contributed by atoms with Crippen LogP contribution < -0.4 is 10.1 Å². The first-order chi connectivity index (χ1) is 15.0. The molecule has 2 rings (SSSR count). The fourth-order valence-electron chi connectivity index (χ4n) is 3.40. The van der Waals surface area contributed by atoms with Crippen molar-refractivity contribution in [3.05, 3.63) is 62.0 Å². The molecule has 0 saturated heterocycles. The summed E-state index contributed by atoms with van der Waals surface area (Å²) in [6.07, 6.45) is 6.22. The zero-order chi connectivity index (χ0) is 22.5. The monoisotopic (exact) mass is 528 g/mol. The predicted molar refractivity (Wildman–Crippen MR) is 138 cm³/mol. The van der Waals surface area contributed by atoms with Crippen LogP contribution in [0.4, 0.5) is 0 Å². The normalized spacial score (nSPS) is 11.3. The maximum absolute atomic E-state index is 6.28. The van der Waals surface area contributed by atoms with Crippen LogP contribution in [0.1, 0.15) is 57.1 Å². The second-order valence-corrected chi connectivity index (χ2v) is 9.55. The Bertz CT molecular complexity index is 760. The smallest absolute Gasteiger partial charge is 0.124 e. The first-order valence-electron chi connectivity index (χ1n) is 11.3. The third-order valence-corrected chi connectivity index (χ3v) is 6.46. The second kappa shape index (κ2) is 15.1. The molecule has 0 unspecified atom stereocenters. The molecule has 31 heavy (non-hydrogen) atoms. The van der Waals surface area contributed by atoms with Crippen molar-refractivity contribution in [3.63, 3.8) is 0 Å². The van der Waals surface area contributed by atoms with Gasteiger partial charge < -0.3 is 15.0 Å². The SMILES string of the molecule is CCCCN(CCCC)CCCNCc1cc(Br)ccc1OCc1c(Cl)cccc1Cl. The number of nitrogens with one attached hydrogen (secondary N) is 1. The topological polar surface area (TPSA) is 24.5 Å². The molecule has 0 saturated carbocycles. The molecule has 0 aliphatic heterocycles. The molecule has 6 heteroatoms. The average molecular weight is 530 g/mol. The molecule has 3 nitrogen and oxygen atoms in total. The molecule has 0 atom stereocenters. The van der Waals surface area contributed by atoms with E-state index in [4.69, 9.17) is 27.9 Å². The van der Waals surface area contributed by atoms with Crippen LogP contribution in [0.15, 0.2) is 40.9 Å². The van der Waals surface area contributed by atoms with Crippen molar-refractivity contribution in [2.24, 2.45) is 0 Å². The molecule has 0 amide bonds. The summed E-state index contributed by atoms with van der Waals surface area (Å²) in [5, 5.41) is 4.83. The van der Waals surface area contributed by atoms with E-state index in [1.54, 1.807) is 0 Å². The van der Waals surface area contributed by atoms with Gasteiger partial charge in [0.15, 0.2) is 0 Å². The van der Waals surface area contributed by atoms with Crippen molar-refractivity contribution in [2.75, 3.05) is 26.2 Å². The van der Waals surface area contributed by atoms with Crippen molar-refractivity contribution in [1.29, 1.82) is 0 Å². The van der Waals surface area contributed by atoms with Gasteiger partial charge in [0.05, 0.1) is 0 Å². The number of nitrogens with zero attached hydrogens (tertiary/aromatic N) is 1. The van der Waals surface area contributed by atoms with E-state index in [0.29, 0.717) is 16.7 Å². The summed E-state index contributed by atoms with van der Waals surface area (Å²) in [6, 6.07) is 11.6. The fourth-order valence-corrected chi connectivity index (χ4v) is 4.31. The second-order valence-electron chi connectivity index (χ2n) is 7.82. The van der Waals surface area contributed by atoms with Crippen molar-refractivity contribution < 1.29 is 4.74 Å². The molecule has 0 aromatic heterocycles. The summed E-state index contributed by atoms with van der Waals surface area (Å²) in [6.45, 7) is 10.2. The lowest BCUT2D eigenvalue weighted by Crippen LogP contribution is -2.29. The summed E-state index contributed by atoms with van der Waals surface area (Å²) in [4.78, 5) is 2.61. The Balaban J connectivity index is 1.85. The number of unbranched alkanes of at least 4 members (excludes halogenated alkanes) is 2. The third-order valence-electron chi connectivity index (χ3n) is 5.26. The molecule has 0 bridgehead atoms. The average Bonchev–Trinajstić information content (AvgIpc) is 2.75. The molecule has 0 aliphatic rings. The van der Waals surface area contributed by atoms with E-state index in [1.807, 2.05) is 30.3 Å². The van der Waals surface area contributed by atoms with Crippen molar-refractivity contribution >= 4 is 39.1 Å². The first kappa shape index (κ1) is 26.5. The van der Waals surface area contributed by atoms with Gasteiger partial charge in [0.1, 0.15) is 12.4 Å². The van der Waals surface area contributed by atoms with Gasteiger partial charge in [-0.05, 0) is 75.8 Å². The van der Waals surface area contributed by atoms with E-state index in [1.165, 1.54) is 38.8 Å². The van der Waals surface area contributed by atoms with Crippen LogP contribution in [0.3, 0.4) is 0 Å². The van der Waals surface area contributed by atoms with Gasteiger partial charge in [-0.1, -0.05) is 71.9 Å². The molecule has 172 valence electrons. The number of benzene rings is 2. The van der Waals surface area contributed by atoms with Crippen LogP contribution in [-0.2, 0) is 13.2 Å². The lowest BCUT2D eigenvalue weighted by molar-refractivity contribution is 0.260. The number of halogens is 3. The van der Waals surface area contributed by atoms with Crippen LogP contribution >= 0.6 is 39.1 Å². The summed E-state index contributed by atoms with van der Waals surface area (Å²) < 4.78 is 7.13. The molecule has 0 heterocycles. The van der Waals surface area contributed by atoms with E-state index in [0.717, 1.165) is 47.4 Å². The van der Waals surface area contributed by atoms with Crippen LogP contribution in [0.2, 0.25) is 10.0 Å². The summed E-state index contributed by atoms with van der Waals surface area (Å²) in [7, 11) is 0. The van der Waals surface area contributed by atoms with E-state index in [-0.39, 0.29) is 0 Å². The highest BCUT2D eigenvalue weighted by Crippen LogP contribution is 2.28. The van der Waals surface area contributed by atoms with Gasteiger partial charge in [0.2, 0.25) is 0 Å². The summed E-state index contributed by atoms with van der Waals surface area (Å²) in [5.74, 6) is 0.846. The van der Waals surface area contributed by atoms with Gasteiger partial charge >= 0.3 is 0 Å². The largest absolute Gasteiger partial charge is 0.488 e. The van der Waals surface area contributed by atoms with Crippen LogP contribution in [0.25, 0.3) is 0 Å². The Morgan fingerprint density at radius 3 is 2.23 bits per heavy atom. The molecule has 2 aromatic carbocycles. The first-order valence-corrected chi connectivity index (χ1v) is 12.9. The Morgan fingerprint density at radius 1 is 0.935 bits per heavy atom. The highest BCUT2D eigenvalue weighted by Gasteiger charge is 2.10. The van der Waals surface area contributed by atoms with Gasteiger partial charge in [-0.3, -0.25) is 0 Å². The molecule has 0 fully saturated rings. The summed E-state index contributed by atoms with van der Waals surface area (Å²) >= 11 is 16.1. The van der Waals surface area contributed by atoms with E-state index in [2.05, 4.69) is 46.1 Å². The van der Waals surface area contributed by atoms with Crippen LogP contribution in [0, 0.1) is 0 Å². The predicted octanol–water partition coefficient (Wildman–Crippen LogP) is 7.72. The van der Waals surface area contributed by atoms with E-state index in [9.17, 15) is 0 Å². The Kier molecular flexibility index (Phi) is 12.9. The van der Waals surface area contributed by atoms with Crippen LogP contribution in [-0.4, -0.2) is 31.1 Å². The molecule has 0 radical (unpaired) electrons. The third kappa shape index (κ3) is 9.71. The minimum atomic E-state index is 0.344. The molecule has 2 aromatic rings. The zero-order valence-electron chi connectivity index (χ0n) is 18.7. The Morgan fingerprint density at radius 2 is 1.58 bits per heavy atom. The molecule has 1 N–H and O–H groups in total. The standard InChI is InChI=1S/C25H35BrCl2N2O/c1-3-5-14-30(15-6-4-2)16-8-13-29-18-20-17-21(26)11-12-25(20)31-19-22-23(27)9-7-10-24(22)28/h7,9-12,17,29H,3-6,8,13-16,18-19H2,1-2H3.